The Hall–Kier alpha value is -2.08. The zero-order valence-corrected chi connectivity index (χ0v) is 16.2. The fourth-order valence-electron chi connectivity index (χ4n) is 1.52. The minimum atomic E-state index is 0.833. The fourth-order valence-corrected chi connectivity index (χ4v) is 1.52. The van der Waals surface area contributed by atoms with Gasteiger partial charge in [0.25, 0.3) is 0 Å². The molecule has 0 amide bonds. The van der Waals surface area contributed by atoms with Crippen molar-refractivity contribution in [3.63, 3.8) is 0 Å². The van der Waals surface area contributed by atoms with Crippen LogP contribution >= 0.6 is 0 Å². The van der Waals surface area contributed by atoms with Crippen LogP contribution in [0.2, 0.25) is 0 Å². The van der Waals surface area contributed by atoms with Gasteiger partial charge in [0, 0.05) is 0 Å². The summed E-state index contributed by atoms with van der Waals surface area (Å²) in [5, 5.41) is 2.62. The van der Waals surface area contributed by atoms with Gasteiger partial charge in [-0.05, 0) is 22.6 Å². The van der Waals surface area contributed by atoms with Crippen molar-refractivity contribution in [3.8, 4) is 0 Å². The van der Waals surface area contributed by atoms with Crippen molar-refractivity contribution in [2.45, 2.75) is 41.5 Å². The molecule has 0 heteroatoms. The average molecular weight is 323 g/mol. The molecule has 24 heavy (non-hydrogen) atoms. The molecule has 0 aliphatic rings. The molecule has 3 aromatic rings. The molecule has 0 N–H and O–H groups in total. The standard InChI is InChI=1S/C10H8.C6H6.2C4H10/c1-2-6-10-8-4-3-7-9(10)5-1;1-2-4-6-5-3-1;2*1-4(2)3/h1-8H;1-6H;2*4H,1-3H3. The SMILES string of the molecule is CC(C)C.CC(C)C.c1ccc2ccccc2c1.c1ccccc1. The third-order valence-corrected chi connectivity index (χ3v) is 2.33. The van der Waals surface area contributed by atoms with Gasteiger partial charge in [-0.3, -0.25) is 0 Å². The monoisotopic (exact) mass is 322 g/mol. The fraction of sp³-hybridized carbons (Fsp3) is 0.333. The zero-order chi connectivity index (χ0) is 18.2. The second-order valence-corrected chi connectivity index (χ2v) is 6.97. The molecule has 130 valence electrons. The van der Waals surface area contributed by atoms with Gasteiger partial charge in [-0.1, -0.05) is 126 Å². The van der Waals surface area contributed by atoms with Crippen molar-refractivity contribution in [3.05, 3.63) is 84.9 Å². The Morgan fingerprint density at radius 3 is 0.708 bits per heavy atom. The van der Waals surface area contributed by atoms with E-state index in [0.29, 0.717) is 0 Å². The van der Waals surface area contributed by atoms with Gasteiger partial charge in [-0.15, -0.1) is 0 Å². The Bertz CT molecular complexity index is 505. The summed E-state index contributed by atoms with van der Waals surface area (Å²) in [6, 6.07) is 28.7. The van der Waals surface area contributed by atoms with Crippen LogP contribution in [0.5, 0.6) is 0 Å². The molecule has 0 aromatic heterocycles. The Balaban J connectivity index is 0.000000326. The summed E-state index contributed by atoms with van der Waals surface area (Å²) in [7, 11) is 0. The predicted molar refractivity (Wildman–Crippen MR) is 111 cm³/mol. The molecule has 0 atom stereocenters. The first-order valence-corrected chi connectivity index (χ1v) is 8.87. The summed E-state index contributed by atoms with van der Waals surface area (Å²) in [5.74, 6) is 1.67. The lowest BCUT2D eigenvalue weighted by Crippen LogP contribution is -1.67. The Labute approximate surface area is 149 Å². The Kier molecular flexibility index (Phi) is 13.3. The highest BCUT2D eigenvalue weighted by molar-refractivity contribution is 5.81. The van der Waals surface area contributed by atoms with E-state index in [-0.39, 0.29) is 0 Å². The van der Waals surface area contributed by atoms with Gasteiger partial charge in [0.15, 0.2) is 0 Å². The third kappa shape index (κ3) is 14.8. The van der Waals surface area contributed by atoms with E-state index in [1.165, 1.54) is 10.8 Å². The first-order chi connectivity index (χ1) is 11.4. The van der Waals surface area contributed by atoms with Crippen LogP contribution in [0.25, 0.3) is 10.8 Å². The molecule has 0 aliphatic heterocycles. The van der Waals surface area contributed by atoms with Crippen LogP contribution in [0.15, 0.2) is 84.9 Å². The third-order valence-electron chi connectivity index (χ3n) is 2.33. The maximum atomic E-state index is 2.17. The summed E-state index contributed by atoms with van der Waals surface area (Å²) < 4.78 is 0. The second kappa shape index (κ2) is 14.5. The van der Waals surface area contributed by atoms with E-state index in [1.807, 2.05) is 36.4 Å². The van der Waals surface area contributed by atoms with Gasteiger partial charge >= 0.3 is 0 Å². The number of rotatable bonds is 0. The van der Waals surface area contributed by atoms with Crippen molar-refractivity contribution in [1.82, 2.24) is 0 Å². The van der Waals surface area contributed by atoms with Crippen LogP contribution < -0.4 is 0 Å². The van der Waals surface area contributed by atoms with E-state index in [2.05, 4.69) is 90.1 Å². The van der Waals surface area contributed by atoms with Crippen LogP contribution in [0.4, 0.5) is 0 Å². The van der Waals surface area contributed by atoms with E-state index >= 15 is 0 Å². The first-order valence-electron chi connectivity index (χ1n) is 8.87. The molecule has 0 spiro atoms. The molecular weight excluding hydrogens is 288 g/mol. The van der Waals surface area contributed by atoms with E-state index in [1.54, 1.807) is 0 Å². The normalized spacial score (nSPS) is 9.17. The lowest BCUT2D eigenvalue weighted by molar-refractivity contribution is 0.736. The lowest BCUT2D eigenvalue weighted by Gasteiger charge is -1.92. The number of hydrogen-bond acceptors (Lipinski definition) is 0. The van der Waals surface area contributed by atoms with Crippen molar-refractivity contribution >= 4 is 10.8 Å². The van der Waals surface area contributed by atoms with E-state index < -0.39 is 0 Å². The van der Waals surface area contributed by atoms with E-state index in [9.17, 15) is 0 Å². The van der Waals surface area contributed by atoms with Gasteiger partial charge in [0.2, 0.25) is 0 Å². The summed E-state index contributed by atoms with van der Waals surface area (Å²) >= 11 is 0. The molecule has 0 saturated heterocycles. The molecule has 0 radical (unpaired) electrons. The minimum absolute atomic E-state index is 0.833. The second-order valence-electron chi connectivity index (χ2n) is 6.97. The van der Waals surface area contributed by atoms with Crippen LogP contribution in [-0.4, -0.2) is 0 Å². The largest absolute Gasteiger partial charge is 0.0630 e. The van der Waals surface area contributed by atoms with Gasteiger partial charge in [0.05, 0.1) is 0 Å². The van der Waals surface area contributed by atoms with Gasteiger partial charge in [-0.2, -0.15) is 0 Å². The first kappa shape index (κ1) is 21.9. The number of benzene rings is 3. The van der Waals surface area contributed by atoms with Crippen LogP contribution in [-0.2, 0) is 0 Å². The average Bonchev–Trinajstić information content (AvgIpc) is 2.56. The number of hydrogen-bond donors (Lipinski definition) is 0. The minimum Gasteiger partial charge on any atom is -0.0630 e. The highest BCUT2D eigenvalue weighted by atomic mass is 13.9. The molecule has 0 nitrogen and oxygen atoms in total. The Morgan fingerprint density at radius 2 is 0.542 bits per heavy atom. The van der Waals surface area contributed by atoms with Crippen molar-refractivity contribution < 1.29 is 0 Å². The zero-order valence-electron chi connectivity index (χ0n) is 16.2. The molecule has 3 aromatic carbocycles. The molecular formula is C24H34. The lowest BCUT2D eigenvalue weighted by atomic mass is 10.1. The molecule has 0 saturated carbocycles. The topological polar surface area (TPSA) is 0 Å². The summed E-state index contributed by atoms with van der Waals surface area (Å²) in [6.07, 6.45) is 0. The van der Waals surface area contributed by atoms with Crippen molar-refractivity contribution in [2.24, 2.45) is 11.8 Å². The summed E-state index contributed by atoms with van der Waals surface area (Å²) in [5.41, 5.74) is 0. The highest BCUT2D eigenvalue weighted by Gasteiger charge is 1.85. The number of fused-ring (bicyclic) bond motifs is 1. The predicted octanol–water partition coefficient (Wildman–Crippen LogP) is 7.85. The van der Waals surface area contributed by atoms with E-state index in [4.69, 9.17) is 0 Å². The van der Waals surface area contributed by atoms with Crippen LogP contribution in [0.3, 0.4) is 0 Å². The van der Waals surface area contributed by atoms with Gasteiger partial charge in [-0.25, -0.2) is 0 Å². The Morgan fingerprint density at radius 1 is 0.375 bits per heavy atom. The quantitative estimate of drug-likeness (QED) is 0.395. The van der Waals surface area contributed by atoms with Crippen molar-refractivity contribution in [2.75, 3.05) is 0 Å². The molecule has 0 heterocycles. The highest BCUT2D eigenvalue weighted by Crippen LogP contribution is 2.11. The van der Waals surface area contributed by atoms with Crippen LogP contribution in [0, 0.1) is 11.8 Å². The maximum absolute atomic E-state index is 2.17. The van der Waals surface area contributed by atoms with Gasteiger partial charge in [0.1, 0.15) is 0 Å². The molecule has 0 fully saturated rings. The van der Waals surface area contributed by atoms with Crippen molar-refractivity contribution in [1.29, 1.82) is 0 Å². The molecule has 0 unspecified atom stereocenters. The van der Waals surface area contributed by atoms with E-state index in [0.717, 1.165) is 11.8 Å². The molecule has 3 rings (SSSR count). The van der Waals surface area contributed by atoms with Gasteiger partial charge < -0.3 is 0 Å². The molecule has 0 bridgehead atoms. The smallest absolute Gasteiger partial charge is 0.0184 e. The summed E-state index contributed by atoms with van der Waals surface area (Å²) in [4.78, 5) is 0. The molecule has 0 aliphatic carbocycles. The maximum Gasteiger partial charge on any atom is -0.0184 e. The summed E-state index contributed by atoms with van der Waals surface area (Å²) in [6.45, 7) is 13.0. The van der Waals surface area contributed by atoms with Crippen LogP contribution in [0.1, 0.15) is 41.5 Å².